The molecular formula is C15H21NO4. The summed E-state index contributed by atoms with van der Waals surface area (Å²) >= 11 is 0. The molecule has 2 N–H and O–H groups in total. The summed E-state index contributed by atoms with van der Waals surface area (Å²) in [4.78, 5) is 22.9. The Labute approximate surface area is 119 Å². The van der Waals surface area contributed by atoms with Gasteiger partial charge in [0.2, 0.25) is 0 Å². The average molecular weight is 279 g/mol. The fourth-order valence-electron chi connectivity index (χ4n) is 2.00. The van der Waals surface area contributed by atoms with Gasteiger partial charge < -0.3 is 15.2 Å². The lowest BCUT2D eigenvalue weighted by Gasteiger charge is -2.15. The van der Waals surface area contributed by atoms with Crippen molar-refractivity contribution in [1.82, 2.24) is 0 Å². The van der Waals surface area contributed by atoms with Crippen LogP contribution in [0.25, 0.3) is 0 Å². The van der Waals surface area contributed by atoms with Gasteiger partial charge in [-0.1, -0.05) is 24.3 Å². The van der Waals surface area contributed by atoms with Crippen LogP contribution in [0.3, 0.4) is 0 Å². The van der Waals surface area contributed by atoms with Gasteiger partial charge in [0.1, 0.15) is 0 Å². The highest BCUT2D eigenvalue weighted by Crippen LogP contribution is 2.25. The number of benzene rings is 1. The first-order chi connectivity index (χ1) is 9.60. The van der Waals surface area contributed by atoms with Crippen LogP contribution >= 0.6 is 0 Å². The summed E-state index contributed by atoms with van der Waals surface area (Å²) in [5, 5.41) is 0. The first-order valence-corrected chi connectivity index (χ1v) is 6.53. The standard InChI is InChI=1S/C15H21NO4/c1-19-14(17)9-13(10-15(18)20-2)12-5-3-11(4-6-12)7-8-16/h3-6,13H,7-10,16H2,1-2H3. The number of hydrogen-bond acceptors (Lipinski definition) is 5. The maximum atomic E-state index is 11.4. The molecule has 0 aromatic heterocycles. The number of carbonyl (C=O) groups excluding carboxylic acids is 2. The zero-order valence-electron chi connectivity index (χ0n) is 11.9. The molecule has 0 atom stereocenters. The third kappa shape index (κ3) is 5.01. The first-order valence-electron chi connectivity index (χ1n) is 6.53. The summed E-state index contributed by atoms with van der Waals surface area (Å²) in [6.07, 6.45) is 1.11. The van der Waals surface area contributed by atoms with Crippen LogP contribution in [0, 0.1) is 0 Å². The third-order valence-corrected chi connectivity index (χ3v) is 3.17. The van der Waals surface area contributed by atoms with Gasteiger partial charge in [0.05, 0.1) is 27.1 Å². The Morgan fingerprint density at radius 2 is 1.55 bits per heavy atom. The largest absolute Gasteiger partial charge is 0.469 e. The monoisotopic (exact) mass is 279 g/mol. The molecule has 0 bridgehead atoms. The van der Waals surface area contributed by atoms with Crippen molar-refractivity contribution in [2.45, 2.75) is 25.2 Å². The lowest BCUT2D eigenvalue weighted by molar-refractivity contribution is -0.143. The molecule has 20 heavy (non-hydrogen) atoms. The van der Waals surface area contributed by atoms with Gasteiger partial charge in [-0.2, -0.15) is 0 Å². The topological polar surface area (TPSA) is 78.6 Å². The summed E-state index contributed by atoms with van der Waals surface area (Å²) in [5.74, 6) is -0.920. The van der Waals surface area contributed by atoms with Crippen LogP contribution in [0.1, 0.15) is 29.9 Å². The van der Waals surface area contributed by atoms with E-state index >= 15 is 0 Å². The Balaban J connectivity index is 2.84. The molecule has 0 spiro atoms. The van der Waals surface area contributed by atoms with E-state index in [0.29, 0.717) is 6.54 Å². The lowest BCUT2D eigenvalue weighted by Crippen LogP contribution is -2.14. The summed E-state index contributed by atoms with van der Waals surface area (Å²) in [6, 6.07) is 7.76. The van der Waals surface area contributed by atoms with Crippen molar-refractivity contribution in [3.05, 3.63) is 35.4 Å². The van der Waals surface area contributed by atoms with E-state index in [9.17, 15) is 9.59 Å². The Hall–Kier alpha value is -1.88. The van der Waals surface area contributed by atoms with E-state index in [4.69, 9.17) is 5.73 Å². The smallest absolute Gasteiger partial charge is 0.306 e. The summed E-state index contributed by atoms with van der Waals surface area (Å²) < 4.78 is 9.34. The van der Waals surface area contributed by atoms with Crippen LogP contribution in [-0.4, -0.2) is 32.7 Å². The molecule has 0 fully saturated rings. The van der Waals surface area contributed by atoms with Crippen LogP contribution < -0.4 is 5.73 Å². The van der Waals surface area contributed by atoms with Crippen LogP contribution in [-0.2, 0) is 25.5 Å². The SMILES string of the molecule is COC(=O)CC(CC(=O)OC)c1ccc(CCN)cc1. The fraction of sp³-hybridized carbons (Fsp3) is 0.467. The number of ether oxygens (including phenoxy) is 2. The summed E-state index contributed by atoms with van der Waals surface area (Å²) in [5.41, 5.74) is 7.55. The van der Waals surface area contributed by atoms with Crippen molar-refractivity contribution in [2.24, 2.45) is 5.73 Å². The molecule has 0 amide bonds. The van der Waals surface area contributed by atoms with E-state index in [1.54, 1.807) is 0 Å². The number of esters is 2. The van der Waals surface area contributed by atoms with Gasteiger partial charge >= 0.3 is 11.9 Å². The average Bonchev–Trinajstić information content (AvgIpc) is 2.47. The van der Waals surface area contributed by atoms with Crippen LogP contribution in [0.15, 0.2) is 24.3 Å². The minimum atomic E-state index is -0.343. The van der Waals surface area contributed by atoms with Gasteiger partial charge in [-0.3, -0.25) is 9.59 Å². The fourth-order valence-corrected chi connectivity index (χ4v) is 2.00. The molecule has 0 aliphatic carbocycles. The first kappa shape index (κ1) is 16.2. The third-order valence-electron chi connectivity index (χ3n) is 3.17. The molecule has 5 heteroatoms. The Kier molecular flexibility index (Phi) is 6.73. The van der Waals surface area contributed by atoms with Crippen molar-refractivity contribution < 1.29 is 19.1 Å². The summed E-state index contributed by atoms with van der Waals surface area (Å²) in [7, 11) is 2.67. The lowest BCUT2D eigenvalue weighted by atomic mass is 9.91. The Morgan fingerprint density at radius 1 is 1.05 bits per heavy atom. The highest BCUT2D eigenvalue weighted by Gasteiger charge is 2.20. The number of nitrogens with two attached hydrogens (primary N) is 1. The Morgan fingerprint density at radius 3 is 1.95 bits per heavy atom. The molecule has 1 rings (SSSR count). The van der Waals surface area contributed by atoms with Gasteiger partial charge in [-0.05, 0) is 24.1 Å². The highest BCUT2D eigenvalue weighted by molar-refractivity contribution is 5.74. The van der Waals surface area contributed by atoms with Crippen LogP contribution in [0.2, 0.25) is 0 Å². The van der Waals surface area contributed by atoms with Gasteiger partial charge in [0.25, 0.3) is 0 Å². The van der Waals surface area contributed by atoms with Gasteiger partial charge in [-0.15, -0.1) is 0 Å². The number of methoxy groups -OCH3 is 2. The molecule has 1 aromatic rings. The van der Waals surface area contributed by atoms with Crippen molar-refractivity contribution in [3.63, 3.8) is 0 Å². The predicted molar refractivity (Wildman–Crippen MR) is 75.2 cm³/mol. The normalized spacial score (nSPS) is 10.4. The van der Waals surface area contributed by atoms with Crippen molar-refractivity contribution in [1.29, 1.82) is 0 Å². The maximum Gasteiger partial charge on any atom is 0.306 e. The van der Waals surface area contributed by atoms with E-state index in [1.165, 1.54) is 14.2 Å². The second kappa shape index (κ2) is 8.32. The van der Waals surface area contributed by atoms with Crippen molar-refractivity contribution in [3.8, 4) is 0 Å². The second-order valence-corrected chi connectivity index (χ2v) is 4.54. The molecule has 0 heterocycles. The van der Waals surface area contributed by atoms with Gasteiger partial charge in [0, 0.05) is 5.92 Å². The Bertz CT molecular complexity index is 424. The van der Waals surface area contributed by atoms with Crippen LogP contribution in [0.4, 0.5) is 0 Å². The van der Waals surface area contributed by atoms with Gasteiger partial charge in [0.15, 0.2) is 0 Å². The van der Waals surface area contributed by atoms with E-state index in [1.807, 2.05) is 24.3 Å². The minimum absolute atomic E-state index is 0.155. The summed E-state index contributed by atoms with van der Waals surface area (Å²) in [6.45, 7) is 0.590. The number of hydrogen-bond donors (Lipinski definition) is 1. The molecule has 0 aliphatic heterocycles. The maximum absolute atomic E-state index is 11.4. The van der Waals surface area contributed by atoms with Crippen molar-refractivity contribution >= 4 is 11.9 Å². The molecule has 0 unspecified atom stereocenters. The zero-order chi connectivity index (χ0) is 15.0. The molecular weight excluding hydrogens is 258 g/mol. The van der Waals surface area contributed by atoms with E-state index in [2.05, 4.69) is 9.47 Å². The zero-order valence-corrected chi connectivity index (χ0v) is 11.9. The molecule has 0 saturated heterocycles. The highest BCUT2D eigenvalue weighted by atomic mass is 16.5. The molecule has 110 valence electrons. The predicted octanol–water partition coefficient (Wildman–Crippen LogP) is 1.40. The van der Waals surface area contributed by atoms with Crippen molar-refractivity contribution in [2.75, 3.05) is 20.8 Å². The molecule has 5 nitrogen and oxygen atoms in total. The van der Waals surface area contributed by atoms with Crippen LogP contribution in [0.5, 0.6) is 0 Å². The second-order valence-electron chi connectivity index (χ2n) is 4.54. The number of carbonyl (C=O) groups is 2. The van der Waals surface area contributed by atoms with E-state index in [0.717, 1.165) is 17.5 Å². The molecule has 1 aromatic carbocycles. The minimum Gasteiger partial charge on any atom is -0.469 e. The molecule has 0 radical (unpaired) electrons. The molecule has 0 aliphatic rings. The van der Waals surface area contributed by atoms with Gasteiger partial charge in [-0.25, -0.2) is 0 Å². The number of rotatable bonds is 7. The van der Waals surface area contributed by atoms with E-state index < -0.39 is 0 Å². The quantitative estimate of drug-likeness (QED) is 0.763. The van der Waals surface area contributed by atoms with E-state index in [-0.39, 0.29) is 30.7 Å². The molecule has 0 saturated carbocycles.